The standard InChI is InChI=1S/C24H22Cl2N2O5S/c1-3-33-21-12-10-18(26)14-22(21)34(31,32)28-15(2)24(30)27-20-11-9-17(25)13-19(20)23(29)16-7-5-4-6-8-16/h4-15,28H,3H2,1-2H3,(H,27,30). The topological polar surface area (TPSA) is 102 Å². The van der Waals surface area contributed by atoms with Gasteiger partial charge in [-0.25, -0.2) is 8.42 Å². The highest BCUT2D eigenvalue weighted by Gasteiger charge is 2.26. The maximum atomic E-state index is 13.0. The van der Waals surface area contributed by atoms with Crippen molar-refractivity contribution in [3.8, 4) is 5.75 Å². The predicted octanol–water partition coefficient (Wildman–Crippen LogP) is 4.93. The number of carbonyl (C=O) groups excluding carboxylic acids is 2. The molecule has 1 atom stereocenters. The maximum absolute atomic E-state index is 13.0. The summed E-state index contributed by atoms with van der Waals surface area (Å²) in [6.07, 6.45) is 0. The number of hydrogen-bond donors (Lipinski definition) is 2. The summed E-state index contributed by atoms with van der Waals surface area (Å²) >= 11 is 12.0. The van der Waals surface area contributed by atoms with Crippen LogP contribution in [0, 0.1) is 0 Å². The second-order valence-corrected chi connectivity index (χ2v) is 9.80. The summed E-state index contributed by atoms with van der Waals surface area (Å²) in [6.45, 7) is 3.34. The third-order valence-corrected chi connectivity index (χ3v) is 6.77. The molecule has 1 amide bonds. The molecule has 2 N–H and O–H groups in total. The minimum Gasteiger partial charge on any atom is -0.492 e. The fraction of sp³-hybridized carbons (Fsp3) is 0.167. The second-order valence-electron chi connectivity index (χ2n) is 7.24. The largest absolute Gasteiger partial charge is 0.492 e. The number of ketones is 1. The summed E-state index contributed by atoms with van der Waals surface area (Å²) in [5.74, 6) is -0.902. The van der Waals surface area contributed by atoms with Gasteiger partial charge in [-0.2, -0.15) is 4.72 Å². The van der Waals surface area contributed by atoms with Gasteiger partial charge in [-0.1, -0.05) is 53.5 Å². The first-order valence-corrected chi connectivity index (χ1v) is 12.5. The van der Waals surface area contributed by atoms with Gasteiger partial charge in [0, 0.05) is 21.2 Å². The molecule has 0 aliphatic carbocycles. The first kappa shape index (κ1) is 25.7. The maximum Gasteiger partial charge on any atom is 0.245 e. The van der Waals surface area contributed by atoms with E-state index in [0.29, 0.717) is 10.6 Å². The molecule has 3 aromatic rings. The summed E-state index contributed by atoms with van der Waals surface area (Å²) in [6, 6.07) is 16.0. The van der Waals surface area contributed by atoms with Crippen molar-refractivity contribution in [1.29, 1.82) is 0 Å². The van der Waals surface area contributed by atoms with Crippen LogP contribution in [0.1, 0.15) is 29.8 Å². The van der Waals surface area contributed by atoms with Crippen LogP contribution in [0.15, 0.2) is 71.6 Å². The van der Waals surface area contributed by atoms with Crippen LogP contribution in [-0.4, -0.2) is 32.8 Å². The predicted molar refractivity (Wildman–Crippen MR) is 132 cm³/mol. The molecule has 34 heavy (non-hydrogen) atoms. The number of sulfonamides is 1. The van der Waals surface area contributed by atoms with Crippen LogP contribution >= 0.6 is 23.2 Å². The highest BCUT2D eigenvalue weighted by Crippen LogP contribution is 2.28. The summed E-state index contributed by atoms with van der Waals surface area (Å²) in [4.78, 5) is 25.6. The number of rotatable bonds is 9. The number of hydrogen-bond acceptors (Lipinski definition) is 5. The van der Waals surface area contributed by atoms with Crippen LogP contribution in [0.25, 0.3) is 0 Å². The van der Waals surface area contributed by atoms with Crippen molar-refractivity contribution in [1.82, 2.24) is 4.72 Å². The molecule has 0 saturated carbocycles. The van der Waals surface area contributed by atoms with Crippen LogP contribution in [-0.2, 0) is 14.8 Å². The van der Waals surface area contributed by atoms with Crippen molar-refractivity contribution >= 4 is 50.6 Å². The van der Waals surface area contributed by atoms with Gasteiger partial charge in [0.1, 0.15) is 10.6 Å². The molecular weight excluding hydrogens is 499 g/mol. The van der Waals surface area contributed by atoms with E-state index in [4.69, 9.17) is 27.9 Å². The molecule has 0 aliphatic heterocycles. The minimum atomic E-state index is -4.16. The van der Waals surface area contributed by atoms with Crippen molar-refractivity contribution in [3.63, 3.8) is 0 Å². The van der Waals surface area contributed by atoms with E-state index in [0.717, 1.165) is 0 Å². The molecule has 3 aromatic carbocycles. The van der Waals surface area contributed by atoms with Gasteiger partial charge in [-0.15, -0.1) is 0 Å². The van der Waals surface area contributed by atoms with E-state index in [1.54, 1.807) is 37.3 Å². The molecule has 0 bridgehead atoms. The third-order valence-electron chi connectivity index (χ3n) is 4.74. The summed E-state index contributed by atoms with van der Waals surface area (Å²) in [7, 11) is -4.16. The highest BCUT2D eigenvalue weighted by molar-refractivity contribution is 7.89. The Bertz CT molecular complexity index is 1310. The van der Waals surface area contributed by atoms with Crippen molar-refractivity contribution in [2.45, 2.75) is 24.8 Å². The van der Waals surface area contributed by atoms with E-state index >= 15 is 0 Å². The molecule has 10 heteroatoms. The lowest BCUT2D eigenvalue weighted by Crippen LogP contribution is -2.41. The Morgan fingerprint density at radius 1 is 0.971 bits per heavy atom. The lowest BCUT2D eigenvalue weighted by atomic mass is 10.0. The van der Waals surface area contributed by atoms with Crippen LogP contribution in [0.5, 0.6) is 5.75 Å². The van der Waals surface area contributed by atoms with Crippen LogP contribution in [0.4, 0.5) is 5.69 Å². The van der Waals surface area contributed by atoms with Gasteiger partial charge < -0.3 is 10.1 Å². The van der Waals surface area contributed by atoms with E-state index in [1.165, 1.54) is 43.3 Å². The SMILES string of the molecule is CCOc1ccc(Cl)cc1S(=O)(=O)NC(C)C(=O)Nc1ccc(Cl)cc1C(=O)c1ccccc1. The Hall–Kier alpha value is -2.91. The number of amides is 1. The average Bonchev–Trinajstić information content (AvgIpc) is 2.81. The molecule has 0 fully saturated rings. The number of benzene rings is 3. The number of carbonyl (C=O) groups is 2. The zero-order valence-electron chi connectivity index (χ0n) is 18.3. The van der Waals surface area contributed by atoms with Crippen LogP contribution < -0.4 is 14.8 Å². The minimum absolute atomic E-state index is 0.112. The fourth-order valence-electron chi connectivity index (χ4n) is 3.12. The quantitative estimate of drug-likeness (QED) is 0.389. The Kier molecular flexibility index (Phi) is 8.33. The van der Waals surface area contributed by atoms with Crippen LogP contribution in [0.2, 0.25) is 10.0 Å². The van der Waals surface area contributed by atoms with E-state index in [-0.39, 0.29) is 39.3 Å². The summed E-state index contributed by atoms with van der Waals surface area (Å²) in [5, 5.41) is 3.13. The molecule has 0 spiro atoms. The molecule has 0 heterocycles. The zero-order valence-corrected chi connectivity index (χ0v) is 20.7. The average molecular weight is 521 g/mol. The summed E-state index contributed by atoms with van der Waals surface area (Å²) < 4.78 is 33.6. The highest BCUT2D eigenvalue weighted by atomic mass is 35.5. The van der Waals surface area contributed by atoms with E-state index < -0.39 is 22.0 Å². The Labute approximate surface area is 208 Å². The fourth-order valence-corrected chi connectivity index (χ4v) is 4.90. The summed E-state index contributed by atoms with van der Waals surface area (Å²) in [5.41, 5.74) is 0.793. The number of halogens is 2. The molecule has 7 nitrogen and oxygen atoms in total. The van der Waals surface area contributed by atoms with Crippen molar-refractivity contribution in [2.24, 2.45) is 0 Å². The van der Waals surface area contributed by atoms with Gasteiger partial charge in [0.05, 0.1) is 18.3 Å². The Balaban J connectivity index is 1.83. The third kappa shape index (κ3) is 6.15. The van der Waals surface area contributed by atoms with Gasteiger partial charge in [-0.3, -0.25) is 9.59 Å². The molecule has 0 saturated heterocycles. The van der Waals surface area contributed by atoms with Gasteiger partial charge in [-0.05, 0) is 50.2 Å². The molecule has 0 radical (unpaired) electrons. The Morgan fingerprint density at radius 2 is 1.62 bits per heavy atom. The molecule has 178 valence electrons. The number of ether oxygens (including phenoxy) is 1. The lowest BCUT2D eigenvalue weighted by molar-refractivity contribution is -0.117. The van der Waals surface area contributed by atoms with E-state index in [1.807, 2.05) is 0 Å². The van der Waals surface area contributed by atoms with Gasteiger partial charge in [0.15, 0.2) is 5.78 Å². The first-order chi connectivity index (χ1) is 16.1. The smallest absolute Gasteiger partial charge is 0.245 e. The molecule has 0 aromatic heterocycles. The Morgan fingerprint density at radius 3 is 2.29 bits per heavy atom. The van der Waals surface area contributed by atoms with Crippen molar-refractivity contribution in [2.75, 3.05) is 11.9 Å². The zero-order chi connectivity index (χ0) is 24.9. The van der Waals surface area contributed by atoms with Gasteiger partial charge in [0.2, 0.25) is 15.9 Å². The molecule has 3 rings (SSSR count). The van der Waals surface area contributed by atoms with E-state index in [9.17, 15) is 18.0 Å². The second kappa shape index (κ2) is 11.0. The van der Waals surface area contributed by atoms with Crippen molar-refractivity contribution in [3.05, 3.63) is 87.9 Å². The molecule has 1 unspecified atom stereocenters. The van der Waals surface area contributed by atoms with Crippen LogP contribution in [0.3, 0.4) is 0 Å². The first-order valence-electron chi connectivity index (χ1n) is 10.3. The molecular formula is C24H22Cl2N2O5S. The normalized spacial score (nSPS) is 12.1. The van der Waals surface area contributed by atoms with Crippen molar-refractivity contribution < 1.29 is 22.7 Å². The van der Waals surface area contributed by atoms with E-state index in [2.05, 4.69) is 10.0 Å². The van der Waals surface area contributed by atoms with Gasteiger partial charge in [0.25, 0.3) is 0 Å². The lowest BCUT2D eigenvalue weighted by Gasteiger charge is -2.18. The monoisotopic (exact) mass is 520 g/mol. The number of nitrogens with one attached hydrogen (secondary N) is 2. The molecule has 0 aliphatic rings. The van der Waals surface area contributed by atoms with Gasteiger partial charge >= 0.3 is 0 Å². The number of anilines is 1.